The molecule has 116 valence electrons. The summed E-state index contributed by atoms with van der Waals surface area (Å²) in [4.78, 5) is 24.3. The van der Waals surface area contributed by atoms with E-state index in [-0.39, 0.29) is 11.5 Å². The smallest absolute Gasteiger partial charge is 0.343 e. The van der Waals surface area contributed by atoms with E-state index in [0.29, 0.717) is 22.2 Å². The first-order chi connectivity index (χ1) is 11.1. The number of methoxy groups -OCH3 is 1. The number of ether oxygens (including phenoxy) is 1. The Morgan fingerprint density at radius 1 is 1.17 bits per heavy atom. The third-order valence-corrected chi connectivity index (χ3v) is 3.87. The number of anilines is 1. The summed E-state index contributed by atoms with van der Waals surface area (Å²) in [6, 6.07) is 12.1. The van der Waals surface area contributed by atoms with Gasteiger partial charge in [-0.25, -0.2) is 4.79 Å². The molecule has 0 spiro atoms. The van der Waals surface area contributed by atoms with Gasteiger partial charge in [0.2, 0.25) is 0 Å². The van der Waals surface area contributed by atoms with Crippen LogP contribution in [0.15, 0.2) is 62.4 Å². The molecule has 5 nitrogen and oxygen atoms in total. The van der Waals surface area contributed by atoms with Crippen LogP contribution in [0.4, 0.5) is 5.69 Å². The first-order valence-electron chi connectivity index (χ1n) is 6.75. The monoisotopic (exact) mass is 373 g/mol. The predicted octanol–water partition coefficient (Wildman–Crippen LogP) is 3.82. The summed E-state index contributed by atoms with van der Waals surface area (Å²) in [6.07, 6.45) is 1.17. The van der Waals surface area contributed by atoms with Crippen LogP contribution in [0, 0.1) is 0 Å². The van der Waals surface area contributed by atoms with Gasteiger partial charge in [-0.3, -0.25) is 4.79 Å². The fourth-order valence-electron chi connectivity index (χ4n) is 2.28. The van der Waals surface area contributed by atoms with Gasteiger partial charge >= 0.3 is 5.63 Å². The number of carbonyl (C=O) groups excluding carboxylic acids is 1. The average molecular weight is 374 g/mol. The van der Waals surface area contributed by atoms with Gasteiger partial charge in [0, 0.05) is 9.86 Å². The summed E-state index contributed by atoms with van der Waals surface area (Å²) in [7, 11) is 1.52. The fourth-order valence-corrected chi connectivity index (χ4v) is 2.64. The standard InChI is InChI=1S/C17H12BrNO4/c1-22-15-7-6-10(18)8-14(15)19-16(20)13-9-23-17(21)12-5-3-2-4-11(12)13/h2-9H,1H3,(H,19,20). The molecule has 3 rings (SSSR count). The Hall–Kier alpha value is -2.60. The van der Waals surface area contributed by atoms with Gasteiger partial charge in [0.1, 0.15) is 12.0 Å². The number of amides is 1. The van der Waals surface area contributed by atoms with Crippen LogP contribution in [-0.4, -0.2) is 13.0 Å². The van der Waals surface area contributed by atoms with Crippen molar-refractivity contribution in [2.45, 2.75) is 0 Å². The zero-order valence-corrected chi connectivity index (χ0v) is 13.7. The molecule has 0 fully saturated rings. The van der Waals surface area contributed by atoms with E-state index in [4.69, 9.17) is 9.15 Å². The van der Waals surface area contributed by atoms with Gasteiger partial charge in [-0.05, 0) is 24.3 Å². The highest BCUT2D eigenvalue weighted by Crippen LogP contribution is 2.28. The second-order valence-electron chi connectivity index (χ2n) is 4.78. The van der Waals surface area contributed by atoms with Crippen molar-refractivity contribution in [1.82, 2.24) is 0 Å². The Morgan fingerprint density at radius 2 is 1.91 bits per heavy atom. The largest absolute Gasteiger partial charge is 0.495 e. The van der Waals surface area contributed by atoms with Gasteiger partial charge in [0.15, 0.2) is 0 Å². The lowest BCUT2D eigenvalue weighted by molar-refractivity contribution is 0.102. The minimum absolute atomic E-state index is 0.280. The number of hydrogen-bond donors (Lipinski definition) is 1. The highest BCUT2D eigenvalue weighted by Gasteiger charge is 2.15. The molecule has 0 bridgehead atoms. The van der Waals surface area contributed by atoms with Crippen LogP contribution in [0.5, 0.6) is 5.75 Å². The number of benzene rings is 2. The number of halogens is 1. The van der Waals surface area contributed by atoms with Crippen LogP contribution in [0.1, 0.15) is 10.4 Å². The lowest BCUT2D eigenvalue weighted by Gasteiger charge is -2.11. The fraction of sp³-hybridized carbons (Fsp3) is 0.0588. The van der Waals surface area contributed by atoms with E-state index in [0.717, 1.165) is 4.47 Å². The maximum Gasteiger partial charge on any atom is 0.343 e. The summed E-state index contributed by atoms with van der Waals surface area (Å²) in [6.45, 7) is 0. The van der Waals surface area contributed by atoms with Gasteiger partial charge in [-0.2, -0.15) is 0 Å². The molecule has 0 saturated heterocycles. The van der Waals surface area contributed by atoms with Crippen molar-refractivity contribution in [3.63, 3.8) is 0 Å². The maximum absolute atomic E-state index is 12.6. The summed E-state index contributed by atoms with van der Waals surface area (Å²) in [5, 5.41) is 3.67. The van der Waals surface area contributed by atoms with Crippen LogP contribution >= 0.6 is 15.9 Å². The number of hydrogen-bond acceptors (Lipinski definition) is 4. The van der Waals surface area contributed by atoms with Crippen LogP contribution in [0.3, 0.4) is 0 Å². The molecule has 2 aromatic carbocycles. The van der Waals surface area contributed by atoms with E-state index < -0.39 is 5.63 Å². The number of fused-ring (bicyclic) bond motifs is 1. The molecule has 0 aliphatic rings. The Bertz CT molecular complexity index is 949. The molecule has 0 atom stereocenters. The number of rotatable bonds is 3. The highest BCUT2D eigenvalue weighted by molar-refractivity contribution is 9.10. The van der Waals surface area contributed by atoms with E-state index in [9.17, 15) is 9.59 Å². The molecule has 0 radical (unpaired) electrons. The van der Waals surface area contributed by atoms with Crippen molar-refractivity contribution in [3.8, 4) is 5.75 Å². The molecule has 3 aromatic rings. The van der Waals surface area contributed by atoms with Gasteiger partial charge in [0.05, 0.1) is 23.7 Å². The molecule has 6 heteroatoms. The SMILES string of the molecule is COc1ccc(Br)cc1NC(=O)c1coc(=O)c2ccccc12. The molecule has 0 aliphatic heterocycles. The van der Waals surface area contributed by atoms with Crippen LogP contribution in [0.2, 0.25) is 0 Å². The molecule has 23 heavy (non-hydrogen) atoms. The summed E-state index contributed by atoms with van der Waals surface area (Å²) < 4.78 is 11.0. The van der Waals surface area contributed by atoms with E-state index in [2.05, 4.69) is 21.2 Å². The van der Waals surface area contributed by atoms with Crippen molar-refractivity contribution in [2.24, 2.45) is 0 Å². The number of nitrogens with one attached hydrogen (secondary N) is 1. The van der Waals surface area contributed by atoms with Crippen molar-refractivity contribution < 1.29 is 13.9 Å². The molecular weight excluding hydrogens is 362 g/mol. The van der Waals surface area contributed by atoms with E-state index in [1.54, 1.807) is 36.4 Å². The molecule has 0 saturated carbocycles. The second kappa shape index (κ2) is 6.26. The molecule has 1 N–H and O–H groups in total. The molecule has 1 heterocycles. The van der Waals surface area contributed by atoms with E-state index >= 15 is 0 Å². The van der Waals surface area contributed by atoms with Crippen molar-refractivity contribution >= 4 is 38.3 Å². The minimum atomic E-state index is -0.475. The molecule has 0 aliphatic carbocycles. The molecule has 1 aromatic heterocycles. The topological polar surface area (TPSA) is 68.5 Å². The molecule has 1 amide bonds. The van der Waals surface area contributed by atoms with E-state index in [1.807, 2.05) is 6.07 Å². The third-order valence-electron chi connectivity index (χ3n) is 3.38. The lowest BCUT2D eigenvalue weighted by atomic mass is 10.1. The summed E-state index contributed by atoms with van der Waals surface area (Å²) in [5.41, 5.74) is 0.321. The molecular formula is C17H12BrNO4. The Kier molecular flexibility index (Phi) is 4.16. The number of carbonyl (C=O) groups is 1. The highest BCUT2D eigenvalue weighted by atomic mass is 79.9. The maximum atomic E-state index is 12.6. The van der Waals surface area contributed by atoms with Gasteiger partial charge < -0.3 is 14.5 Å². The summed E-state index contributed by atoms with van der Waals surface area (Å²) >= 11 is 3.35. The Balaban J connectivity index is 2.04. The van der Waals surface area contributed by atoms with Crippen molar-refractivity contribution in [2.75, 3.05) is 12.4 Å². The average Bonchev–Trinajstić information content (AvgIpc) is 2.55. The summed E-state index contributed by atoms with van der Waals surface area (Å²) in [5.74, 6) is 0.143. The predicted molar refractivity (Wildman–Crippen MR) is 91.1 cm³/mol. The first-order valence-corrected chi connectivity index (χ1v) is 7.55. The zero-order valence-electron chi connectivity index (χ0n) is 12.1. The first kappa shape index (κ1) is 15.3. The van der Waals surface area contributed by atoms with Gasteiger partial charge in [-0.15, -0.1) is 0 Å². The Labute approximate surface area is 140 Å². The lowest BCUT2D eigenvalue weighted by Crippen LogP contribution is -2.15. The van der Waals surface area contributed by atoms with Crippen molar-refractivity contribution in [3.05, 3.63) is 69.2 Å². The van der Waals surface area contributed by atoms with E-state index in [1.165, 1.54) is 13.4 Å². The minimum Gasteiger partial charge on any atom is -0.495 e. The van der Waals surface area contributed by atoms with Gasteiger partial charge in [-0.1, -0.05) is 34.1 Å². The van der Waals surface area contributed by atoms with Crippen LogP contribution in [0.25, 0.3) is 10.8 Å². The van der Waals surface area contributed by atoms with Crippen LogP contribution < -0.4 is 15.7 Å². The normalized spacial score (nSPS) is 10.5. The second-order valence-corrected chi connectivity index (χ2v) is 5.70. The van der Waals surface area contributed by atoms with Crippen LogP contribution in [-0.2, 0) is 0 Å². The van der Waals surface area contributed by atoms with Gasteiger partial charge in [0.25, 0.3) is 5.91 Å². The quantitative estimate of drug-likeness (QED) is 0.757. The zero-order chi connectivity index (χ0) is 16.4. The van der Waals surface area contributed by atoms with Crippen molar-refractivity contribution in [1.29, 1.82) is 0 Å². The Morgan fingerprint density at radius 3 is 2.65 bits per heavy atom. The third kappa shape index (κ3) is 2.98. The molecule has 0 unspecified atom stereocenters.